The normalized spacial score (nSPS) is 24.2. The monoisotopic (exact) mass is 390 g/mol. The lowest BCUT2D eigenvalue weighted by atomic mass is 9.58. The van der Waals surface area contributed by atoms with Gasteiger partial charge in [0.1, 0.15) is 12.4 Å². The molecule has 1 aliphatic heterocycles. The van der Waals surface area contributed by atoms with E-state index in [0.29, 0.717) is 18.7 Å². The topological polar surface area (TPSA) is 76.4 Å². The first kappa shape index (κ1) is 21.1. The first-order valence-electron chi connectivity index (χ1n) is 11.3. The van der Waals surface area contributed by atoms with E-state index >= 15 is 0 Å². The maximum atomic E-state index is 6.02. The molecule has 1 aliphatic carbocycles. The largest absolute Gasteiger partial charge is 0.378 e. The zero-order valence-corrected chi connectivity index (χ0v) is 18.1. The molecule has 2 atom stereocenters. The van der Waals surface area contributed by atoms with Gasteiger partial charge in [-0.1, -0.05) is 20.3 Å². The average molecular weight is 391 g/mol. The molecule has 7 nitrogen and oxygen atoms in total. The molecule has 0 amide bonds. The van der Waals surface area contributed by atoms with Crippen LogP contribution in [-0.2, 0) is 24.2 Å². The number of hydrogen-bond acceptors (Lipinski definition) is 4. The summed E-state index contributed by atoms with van der Waals surface area (Å²) in [7, 11) is 0. The molecule has 1 aromatic rings. The van der Waals surface area contributed by atoms with Crippen LogP contribution in [0.2, 0.25) is 0 Å². The number of aromatic nitrogens is 3. The second kappa shape index (κ2) is 9.72. The number of fused-ring (bicyclic) bond motifs is 1. The minimum Gasteiger partial charge on any atom is -0.378 e. The van der Waals surface area contributed by atoms with Crippen molar-refractivity contribution < 1.29 is 4.74 Å². The SMILES string of the molecule is CCNC(=NCc1nnc2n1CCCCC2)NC1CC(OCC)C1(CC)CC. The highest BCUT2D eigenvalue weighted by Crippen LogP contribution is 2.48. The lowest BCUT2D eigenvalue weighted by Crippen LogP contribution is -2.65. The van der Waals surface area contributed by atoms with Crippen molar-refractivity contribution in [3.05, 3.63) is 11.6 Å². The standard InChI is InChI=1S/C21H38N6O/c1-5-21(6-2)16(14-17(21)28-8-4)24-20(22-7-3)23-15-19-26-25-18-12-10-9-11-13-27(18)19/h16-17H,5-15H2,1-4H3,(H2,22,23,24). The average Bonchev–Trinajstić information content (AvgIpc) is 2.92. The summed E-state index contributed by atoms with van der Waals surface area (Å²) in [5, 5.41) is 15.9. The predicted octanol–water partition coefficient (Wildman–Crippen LogP) is 3.04. The highest BCUT2D eigenvalue weighted by molar-refractivity contribution is 5.80. The molecule has 2 aliphatic rings. The van der Waals surface area contributed by atoms with E-state index in [9.17, 15) is 0 Å². The van der Waals surface area contributed by atoms with E-state index in [1.165, 1.54) is 19.3 Å². The van der Waals surface area contributed by atoms with Crippen molar-refractivity contribution in [1.82, 2.24) is 25.4 Å². The van der Waals surface area contributed by atoms with Gasteiger partial charge in [-0.15, -0.1) is 10.2 Å². The molecule has 0 aromatic carbocycles. The summed E-state index contributed by atoms with van der Waals surface area (Å²) < 4.78 is 8.29. The van der Waals surface area contributed by atoms with Gasteiger partial charge in [0.2, 0.25) is 0 Å². The van der Waals surface area contributed by atoms with Gasteiger partial charge >= 0.3 is 0 Å². The van der Waals surface area contributed by atoms with Gasteiger partial charge in [0.15, 0.2) is 11.8 Å². The number of ether oxygens (including phenoxy) is 1. The number of rotatable bonds is 8. The van der Waals surface area contributed by atoms with E-state index < -0.39 is 0 Å². The summed E-state index contributed by atoms with van der Waals surface area (Å²) in [6.45, 7) is 12.0. The van der Waals surface area contributed by atoms with E-state index in [-0.39, 0.29) is 5.41 Å². The molecular formula is C21H38N6O. The van der Waals surface area contributed by atoms with E-state index in [1.54, 1.807) is 0 Å². The summed E-state index contributed by atoms with van der Waals surface area (Å²) in [4.78, 5) is 4.85. The van der Waals surface area contributed by atoms with Crippen molar-refractivity contribution >= 4 is 5.96 Å². The molecule has 2 heterocycles. The van der Waals surface area contributed by atoms with Gasteiger partial charge in [0.05, 0.1) is 6.10 Å². The molecule has 28 heavy (non-hydrogen) atoms. The van der Waals surface area contributed by atoms with Crippen LogP contribution in [0.15, 0.2) is 4.99 Å². The minimum absolute atomic E-state index is 0.193. The third-order valence-electron chi connectivity index (χ3n) is 6.69. The van der Waals surface area contributed by atoms with Crippen LogP contribution in [0.25, 0.3) is 0 Å². The third kappa shape index (κ3) is 4.19. The fourth-order valence-corrected chi connectivity index (χ4v) is 4.88. The second-order valence-electron chi connectivity index (χ2n) is 8.01. The van der Waals surface area contributed by atoms with Gasteiger partial charge in [-0.3, -0.25) is 0 Å². The molecule has 1 aromatic heterocycles. The highest BCUT2D eigenvalue weighted by Gasteiger charge is 2.53. The predicted molar refractivity (Wildman–Crippen MR) is 112 cm³/mol. The zero-order valence-electron chi connectivity index (χ0n) is 18.1. The van der Waals surface area contributed by atoms with Gasteiger partial charge in [0.25, 0.3) is 0 Å². The third-order valence-corrected chi connectivity index (χ3v) is 6.69. The van der Waals surface area contributed by atoms with Crippen LogP contribution in [0.5, 0.6) is 0 Å². The molecule has 1 fully saturated rings. The lowest BCUT2D eigenvalue weighted by Gasteiger charge is -2.55. The minimum atomic E-state index is 0.193. The molecule has 2 N–H and O–H groups in total. The maximum Gasteiger partial charge on any atom is 0.191 e. The Morgan fingerprint density at radius 2 is 2.00 bits per heavy atom. The van der Waals surface area contributed by atoms with Crippen LogP contribution in [0, 0.1) is 5.41 Å². The van der Waals surface area contributed by atoms with Crippen LogP contribution in [0.3, 0.4) is 0 Å². The Morgan fingerprint density at radius 1 is 1.18 bits per heavy atom. The Bertz CT molecular complexity index is 651. The van der Waals surface area contributed by atoms with Gasteiger partial charge in [-0.2, -0.15) is 0 Å². The quantitative estimate of drug-likeness (QED) is 0.527. The molecule has 0 radical (unpaired) electrons. The molecule has 0 bridgehead atoms. The molecular weight excluding hydrogens is 352 g/mol. The van der Waals surface area contributed by atoms with Gasteiger partial charge in [-0.25, -0.2) is 4.99 Å². The summed E-state index contributed by atoms with van der Waals surface area (Å²) in [6, 6.07) is 0.396. The van der Waals surface area contributed by atoms with Crippen LogP contribution in [0.1, 0.15) is 77.9 Å². The molecule has 2 unspecified atom stereocenters. The zero-order chi connectivity index (χ0) is 20.0. The van der Waals surface area contributed by atoms with Crippen molar-refractivity contribution in [2.75, 3.05) is 13.2 Å². The molecule has 1 saturated carbocycles. The van der Waals surface area contributed by atoms with Crippen LogP contribution >= 0.6 is 0 Å². The second-order valence-corrected chi connectivity index (χ2v) is 8.01. The molecule has 7 heteroatoms. The van der Waals surface area contributed by atoms with Gasteiger partial charge in [-0.05, 0) is 46.0 Å². The fourth-order valence-electron chi connectivity index (χ4n) is 4.88. The Morgan fingerprint density at radius 3 is 2.71 bits per heavy atom. The van der Waals surface area contributed by atoms with E-state index in [2.05, 4.69) is 53.1 Å². The van der Waals surface area contributed by atoms with Crippen molar-refractivity contribution in [1.29, 1.82) is 0 Å². The number of nitrogens with zero attached hydrogens (tertiary/aromatic N) is 4. The number of hydrogen-bond donors (Lipinski definition) is 2. The summed E-state index contributed by atoms with van der Waals surface area (Å²) in [5.74, 6) is 2.97. The van der Waals surface area contributed by atoms with Crippen LogP contribution in [-0.4, -0.2) is 46.0 Å². The van der Waals surface area contributed by atoms with Crippen LogP contribution < -0.4 is 10.6 Å². The fraction of sp³-hybridized carbons (Fsp3) is 0.857. The van der Waals surface area contributed by atoms with E-state index in [0.717, 1.165) is 63.0 Å². The van der Waals surface area contributed by atoms with Crippen LogP contribution in [0.4, 0.5) is 0 Å². The first-order valence-corrected chi connectivity index (χ1v) is 11.3. The summed E-state index contributed by atoms with van der Waals surface area (Å²) in [6.07, 6.45) is 8.34. The Hall–Kier alpha value is -1.63. The van der Waals surface area contributed by atoms with E-state index in [1.807, 2.05) is 0 Å². The number of nitrogens with one attached hydrogen (secondary N) is 2. The summed E-state index contributed by atoms with van der Waals surface area (Å²) >= 11 is 0. The van der Waals surface area contributed by atoms with Gasteiger partial charge < -0.3 is 19.9 Å². The Balaban J connectivity index is 1.69. The molecule has 0 spiro atoms. The van der Waals surface area contributed by atoms with Crippen molar-refractivity contribution in [2.45, 2.75) is 97.9 Å². The molecule has 0 saturated heterocycles. The first-order chi connectivity index (χ1) is 13.7. The maximum absolute atomic E-state index is 6.02. The van der Waals surface area contributed by atoms with Crippen molar-refractivity contribution in [3.63, 3.8) is 0 Å². The lowest BCUT2D eigenvalue weighted by molar-refractivity contribution is -0.133. The summed E-state index contributed by atoms with van der Waals surface area (Å²) in [5.41, 5.74) is 0.193. The van der Waals surface area contributed by atoms with Gasteiger partial charge in [0, 0.05) is 37.6 Å². The highest BCUT2D eigenvalue weighted by atomic mass is 16.5. The smallest absolute Gasteiger partial charge is 0.191 e. The van der Waals surface area contributed by atoms with Crippen molar-refractivity contribution in [2.24, 2.45) is 10.4 Å². The number of aliphatic imine (C=N–C) groups is 1. The number of guanidine groups is 1. The number of aryl methyl sites for hydroxylation is 1. The Labute approximate surface area is 169 Å². The van der Waals surface area contributed by atoms with E-state index in [4.69, 9.17) is 9.73 Å². The Kier molecular flexibility index (Phi) is 7.32. The molecule has 158 valence electrons. The van der Waals surface area contributed by atoms with Crippen molar-refractivity contribution in [3.8, 4) is 0 Å². The molecule has 3 rings (SSSR count).